The lowest BCUT2D eigenvalue weighted by Crippen LogP contribution is -2.31. The van der Waals surface area contributed by atoms with Crippen molar-refractivity contribution in [3.63, 3.8) is 0 Å². The summed E-state index contributed by atoms with van der Waals surface area (Å²) in [7, 11) is 0. The molecule has 1 fully saturated rings. The standard InChI is InChI=1S/C13H16N2O2S/c1-8-5-6-17-11(8)13(16)15-10-4-2-3-9(7-10)12(14)18/h2-4,7-8,11H,5-6H2,1H3,(H2,14,18)(H,15,16). The summed E-state index contributed by atoms with van der Waals surface area (Å²) in [5, 5.41) is 2.83. The third kappa shape index (κ3) is 2.86. The molecule has 0 bridgehead atoms. The molecule has 4 nitrogen and oxygen atoms in total. The van der Waals surface area contributed by atoms with Crippen molar-refractivity contribution in [2.45, 2.75) is 19.4 Å². The number of amides is 1. The zero-order chi connectivity index (χ0) is 13.1. The molecule has 2 unspecified atom stereocenters. The van der Waals surface area contributed by atoms with E-state index < -0.39 is 0 Å². The van der Waals surface area contributed by atoms with Gasteiger partial charge in [-0.2, -0.15) is 0 Å². The first-order valence-corrected chi connectivity index (χ1v) is 6.31. The number of hydrogen-bond donors (Lipinski definition) is 2. The van der Waals surface area contributed by atoms with E-state index in [1.807, 2.05) is 19.1 Å². The molecule has 0 aliphatic carbocycles. The van der Waals surface area contributed by atoms with Crippen LogP contribution < -0.4 is 11.1 Å². The Labute approximate surface area is 112 Å². The van der Waals surface area contributed by atoms with Crippen LogP contribution in [0.5, 0.6) is 0 Å². The van der Waals surface area contributed by atoms with Crippen molar-refractivity contribution in [2.75, 3.05) is 11.9 Å². The van der Waals surface area contributed by atoms with Gasteiger partial charge in [0, 0.05) is 17.9 Å². The van der Waals surface area contributed by atoms with Crippen LogP contribution in [0.1, 0.15) is 18.9 Å². The lowest BCUT2D eigenvalue weighted by atomic mass is 10.0. The van der Waals surface area contributed by atoms with Crippen LogP contribution in [0.3, 0.4) is 0 Å². The Kier molecular flexibility index (Phi) is 3.93. The fourth-order valence-electron chi connectivity index (χ4n) is 1.99. The van der Waals surface area contributed by atoms with Gasteiger partial charge in [-0.25, -0.2) is 0 Å². The monoisotopic (exact) mass is 264 g/mol. The van der Waals surface area contributed by atoms with Gasteiger partial charge in [-0.15, -0.1) is 0 Å². The van der Waals surface area contributed by atoms with Gasteiger partial charge in [-0.1, -0.05) is 31.3 Å². The fourth-order valence-corrected chi connectivity index (χ4v) is 2.12. The maximum atomic E-state index is 12.0. The zero-order valence-electron chi connectivity index (χ0n) is 10.2. The largest absolute Gasteiger partial charge is 0.389 e. The molecule has 96 valence electrons. The summed E-state index contributed by atoms with van der Waals surface area (Å²) in [6.45, 7) is 2.66. The molecular formula is C13H16N2O2S. The minimum Gasteiger partial charge on any atom is -0.389 e. The number of hydrogen-bond acceptors (Lipinski definition) is 3. The van der Waals surface area contributed by atoms with Crippen LogP contribution in [-0.4, -0.2) is 23.6 Å². The first kappa shape index (κ1) is 13.0. The highest BCUT2D eigenvalue weighted by Gasteiger charge is 2.30. The molecular weight excluding hydrogens is 248 g/mol. The predicted molar refractivity (Wildman–Crippen MR) is 74.5 cm³/mol. The average Bonchev–Trinajstić information content (AvgIpc) is 2.76. The highest BCUT2D eigenvalue weighted by molar-refractivity contribution is 7.80. The molecule has 1 aromatic rings. The van der Waals surface area contributed by atoms with Crippen LogP contribution in [0, 0.1) is 5.92 Å². The van der Waals surface area contributed by atoms with E-state index in [0.717, 1.165) is 12.0 Å². The summed E-state index contributed by atoms with van der Waals surface area (Å²) >= 11 is 4.90. The van der Waals surface area contributed by atoms with Crippen molar-refractivity contribution in [2.24, 2.45) is 11.7 Å². The van der Waals surface area contributed by atoms with Crippen LogP contribution in [-0.2, 0) is 9.53 Å². The predicted octanol–water partition coefficient (Wildman–Crippen LogP) is 1.68. The highest BCUT2D eigenvalue weighted by Crippen LogP contribution is 2.21. The molecule has 5 heteroatoms. The van der Waals surface area contributed by atoms with Crippen molar-refractivity contribution < 1.29 is 9.53 Å². The van der Waals surface area contributed by atoms with Gasteiger partial charge < -0.3 is 15.8 Å². The lowest BCUT2D eigenvalue weighted by Gasteiger charge is -2.14. The minimum atomic E-state index is -0.363. The van der Waals surface area contributed by atoms with Gasteiger partial charge in [0.15, 0.2) is 0 Å². The minimum absolute atomic E-state index is 0.111. The zero-order valence-corrected chi connectivity index (χ0v) is 11.0. The van der Waals surface area contributed by atoms with E-state index in [1.165, 1.54) is 0 Å². The second-order valence-electron chi connectivity index (χ2n) is 4.49. The molecule has 1 aliphatic rings. The normalized spacial score (nSPS) is 22.7. The number of rotatable bonds is 3. The number of nitrogens with two attached hydrogens (primary N) is 1. The maximum Gasteiger partial charge on any atom is 0.253 e. The fraction of sp³-hybridized carbons (Fsp3) is 0.385. The molecule has 18 heavy (non-hydrogen) atoms. The van der Waals surface area contributed by atoms with Gasteiger partial charge in [-0.05, 0) is 24.5 Å². The number of ether oxygens (including phenoxy) is 1. The van der Waals surface area contributed by atoms with Gasteiger partial charge in [-0.3, -0.25) is 4.79 Å². The SMILES string of the molecule is CC1CCOC1C(=O)Nc1cccc(C(N)=S)c1. The van der Waals surface area contributed by atoms with Crippen molar-refractivity contribution in [3.8, 4) is 0 Å². The topological polar surface area (TPSA) is 64.3 Å². The Morgan fingerprint density at radius 2 is 2.33 bits per heavy atom. The first-order chi connectivity index (χ1) is 8.58. The Hall–Kier alpha value is -1.46. The van der Waals surface area contributed by atoms with E-state index in [4.69, 9.17) is 22.7 Å². The van der Waals surface area contributed by atoms with Crippen molar-refractivity contribution in [3.05, 3.63) is 29.8 Å². The van der Waals surface area contributed by atoms with E-state index in [1.54, 1.807) is 12.1 Å². The van der Waals surface area contributed by atoms with Crippen molar-refractivity contribution >= 4 is 28.8 Å². The number of nitrogens with one attached hydrogen (secondary N) is 1. The Bertz CT molecular complexity index is 476. The molecule has 0 spiro atoms. The Morgan fingerprint density at radius 3 is 2.94 bits per heavy atom. The van der Waals surface area contributed by atoms with Crippen LogP contribution in [0.4, 0.5) is 5.69 Å². The quantitative estimate of drug-likeness (QED) is 0.815. The number of carbonyl (C=O) groups is 1. The van der Waals surface area contributed by atoms with Crippen LogP contribution in [0.15, 0.2) is 24.3 Å². The molecule has 1 saturated heterocycles. The van der Waals surface area contributed by atoms with Gasteiger partial charge in [0.05, 0.1) is 0 Å². The second kappa shape index (κ2) is 5.46. The molecule has 1 aromatic carbocycles. The number of benzene rings is 1. The molecule has 0 aromatic heterocycles. The summed E-state index contributed by atoms with van der Waals surface area (Å²) in [5.74, 6) is 0.142. The molecule has 1 amide bonds. The average molecular weight is 264 g/mol. The lowest BCUT2D eigenvalue weighted by molar-refractivity contribution is -0.126. The van der Waals surface area contributed by atoms with E-state index >= 15 is 0 Å². The Balaban J connectivity index is 2.07. The van der Waals surface area contributed by atoms with Crippen LogP contribution in [0.2, 0.25) is 0 Å². The Morgan fingerprint density at radius 1 is 1.56 bits per heavy atom. The third-order valence-electron chi connectivity index (χ3n) is 3.06. The molecule has 1 aliphatic heterocycles. The number of anilines is 1. The van der Waals surface area contributed by atoms with Gasteiger partial charge >= 0.3 is 0 Å². The van der Waals surface area contributed by atoms with Gasteiger partial charge in [0.1, 0.15) is 11.1 Å². The molecule has 0 saturated carbocycles. The van der Waals surface area contributed by atoms with Crippen molar-refractivity contribution in [1.29, 1.82) is 0 Å². The van der Waals surface area contributed by atoms with E-state index in [0.29, 0.717) is 17.3 Å². The number of thiocarbonyl (C=S) groups is 1. The molecule has 2 rings (SSSR count). The molecule has 3 N–H and O–H groups in total. The summed E-state index contributed by atoms with van der Waals surface area (Å²) in [6, 6.07) is 7.19. The summed E-state index contributed by atoms with van der Waals surface area (Å²) in [6.07, 6.45) is 0.559. The van der Waals surface area contributed by atoms with Crippen LogP contribution >= 0.6 is 12.2 Å². The summed E-state index contributed by atoms with van der Waals surface area (Å²) in [5.41, 5.74) is 6.98. The third-order valence-corrected chi connectivity index (χ3v) is 3.30. The van der Waals surface area contributed by atoms with E-state index in [9.17, 15) is 4.79 Å². The summed E-state index contributed by atoms with van der Waals surface area (Å²) in [4.78, 5) is 12.3. The second-order valence-corrected chi connectivity index (χ2v) is 4.93. The molecule has 1 heterocycles. The van der Waals surface area contributed by atoms with Crippen LogP contribution in [0.25, 0.3) is 0 Å². The maximum absolute atomic E-state index is 12.0. The first-order valence-electron chi connectivity index (χ1n) is 5.90. The molecule has 2 atom stereocenters. The highest BCUT2D eigenvalue weighted by atomic mass is 32.1. The van der Waals surface area contributed by atoms with E-state index in [-0.39, 0.29) is 17.9 Å². The molecule has 0 radical (unpaired) electrons. The van der Waals surface area contributed by atoms with Gasteiger partial charge in [0.25, 0.3) is 5.91 Å². The van der Waals surface area contributed by atoms with E-state index in [2.05, 4.69) is 5.32 Å². The van der Waals surface area contributed by atoms with Crippen molar-refractivity contribution in [1.82, 2.24) is 0 Å². The van der Waals surface area contributed by atoms with Gasteiger partial charge in [0.2, 0.25) is 0 Å². The number of carbonyl (C=O) groups excluding carboxylic acids is 1. The summed E-state index contributed by atoms with van der Waals surface area (Å²) < 4.78 is 5.41. The smallest absolute Gasteiger partial charge is 0.253 e.